The molecule has 2 heterocycles. The van der Waals surface area contributed by atoms with Crippen molar-refractivity contribution < 1.29 is 9.21 Å². The van der Waals surface area contributed by atoms with Crippen molar-refractivity contribution in [2.45, 2.75) is 19.3 Å². The molecule has 17 heavy (non-hydrogen) atoms. The Kier molecular flexibility index (Phi) is 4.35. The first-order valence-corrected chi connectivity index (χ1v) is 6.72. The van der Waals surface area contributed by atoms with Crippen molar-refractivity contribution in [1.29, 1.82) is 0 Å². The number of piperidine rings is 1. The summed E-state index contributed by atoms with van der Waals surface area (Å²) in [5.41, 5.74) is 0.457. The number of nitrogens with zero attached hydrogens (tertiary/aromatic N) is 1. The minimum atomic E-state index is -0.0389. The summed E-state index contributed by atoms with van der Waals surface area (Å²) in [6.07, 6.45) is 4.58. The number of halogens is 2. The first-order chi connectivity index (χ1) is 8.22. The molecule has 94 valence electrons. The summed E-state index contributed by atoms with van der Waals surface area (Å²) in [6.45, 7) is 1.56. The Morgan fingerprint density at radius 1 is 1.59 bits per heavy atom. The molecule has 3 nitrogen and oxygen atoms in total. The van der Waals surface area contributed by atoms with Crippen LogP contribution < -0.4 is 0 Å². The van der Waals surface area contributed by atoms with E-state index in [9.17, 15) is 4.79 Å². The molecule has 0 N–H and O–H groups in total. The molecule has 2 rings (SSSR count). The minimum absolute atomic E-state index is 0.0389. The molecule has 0 saturated carbocycles. The predicted octanol–water partition coefficient (Wildman–Crippen LogP) is 3.41. The van der Waals surface area contributed by atoms with Gasteiger partial charge in [-0.25, -0.2) is 0 Å². The lowest BCUT2D eigenvalue weighted by Crippen LogP contribution is -2.40. The first kappa shape index (κ1) is 12.8. The van der Waals surface area contributed by atoms with Crippen LogP contribution in [0.1, 0.15) is 29.6 Å². The van der Waals surface area contributed by atoms with Gasteiger partial charge in [-0.3, -0.25) is 4.79 Å². The van der Waals surface area contributed by atoms with Gasteiger partial charge in [0.05, 0.1) is 11.8 Å². The van der Waals surface area contributed by atoms with Gasteiger partial charge in [0.1, 0.15) is 0 Å². The van der Waals surface area contributed by atoms with Crippen LogP contribution in [0.15, 0.2) is 16.7 Å². The monoisotopic (exact) mass is 275 g/mol. The zero-order valence-electron chi connectivity index (χ0n) is 9.49. The number of carbonyl (C=O) groups excluding carboxylic acids is 1. The Morgan fingerprint density at radius 2 is 2.41 bits per heavy atom. The number of rotatable bonds is 3. The molecule has 1 fully saturated rings. The number of furan rings is 1. The fraction of sp³-hybridized carbons (Fsp3) is 0.583. The molecule has 1 aliphatic heterocycles. The van der Waals surface area contributed by atoms with Gasteiger partial charge in [0, 0.05) is 19.0 Å². The van der Waals surface area contributed by atoms with Crippen LogP contribution in [0, 0.1) is 5.92 Å². The van der Waals surface area contributed by atoms with E-state index in [1.807, 2.05) is 4.90 Å². The standard InChI is InChI=1S/C12H15Cl2NO2/c13-5-3-9-2-1-6-15(8-9)12(16)10-4-7-17-11(10)14/h4,7,9H,1-3,5-6,8H2. The van der Waals surface area contributed by atoms with Gasteiger partial charge >= 0.3 is 0 Å². The van der Waals surface area contributed by atoms with Gasteiger partial charge in [0.2, 0.25) is 5.22 Å². The molecule has 0 spiro atoms. The van der Waals surface area contributed by atoms with E-state index in [2.05, 4.69) is 0 Å². The van der Waals surface area contributed by atoms with E-state index in [-0.39, 0.29) is 11.1 Å². The van der Waals surface area contributed by atoms with Gasteiger partial charge in [-0.1, -0.05) is 0 Å². The summed E-state index contributed by atoms with van der Waals surface area (Å²) >= 11 is 11.6. The van der Waals surface area contributed by atoms with Gasteiger partial charge in [-0.15, -0.1) is 11.6 Å². The molecule has 0 aromatic carbocycles. The van der Waals surface area contributed by atoms with Crippen LogP contribution in [0.3, 0.4) is 0 Å². The Labute approximate surface area is 111 Å². The van der Waals surface area contributed by atoms with E-state index < -0.39 is 0 Å². The van der Waals surface area contributed by atoms with Crippen molar-refractivity contribution in [3.05, 3.63) is 23.1 Å². The van der Waals surface area contributed by atoms with Crippen LogP contribution in [0.4, 0.5) is 0 Å². The van der Waals surface area contributed by atoms with E-state index in [0.717, 1.165) is 32.4 Å². The van der Waals surface area contributed by atoms with E-state index in [1.54, 1.807) is 6.07 Å². The molecule has 5 heteroatoms. The quantitative estimate of drug-likeness (QED) is 0.793. The maximum atomic E-state index is 12.2. The summed E-state index contributed by atoms with van der Waals surface area (Å²) in [6, 6.07) is 1.62. The molecule has 0 bridgehead atoms. The summed E-state index contributed by atoms with van der Waals surface area (Å²) < 4.78 is 4.95. The van der Waals surface area contributed by atoms with Crippen molar-refractivity contribution in [1.82, 2.24) is 4.90 Å². The molecular formula is C12H15Cl2NO2. The van der Waals surface area contributed by atoms with E-state index >= 15 is 0 Å². The van der Waals surface area contributed by atoms with Gasteiger partial charge in [-0.2, -0.15) is 0 Å². The van der Waals surface area contributed by atoms with E-state index in [1.165, 1.54) is 6.26 Å². The van der Waals surface area contributed by atoms with Crippen molar-refractivity contribution in [2.75, 3.05) is 19.0 Å². The summed E-state index contributed by atoms with van der Waals surface area (Å²) in [5.74, 6) is 1.12. The zero-order valence-corrected chi connectivity index (χ0v) is 11.0. The van der Waals surface area contributed by atoms with Gasteiger partial charge in [-0.05, 0) is 42.8 Å². The Bertz CT molecular complexity index is 390. The van der Waals surface area contributed by atoms with Crippen molar-refractivity contribution in [2.24, 2.45) is 5.92 Å². The normalized spacial score (nSPS) is 20.6. The van der Waals surface area contributed by atoms with E-state index in [4.69, 9.17) is 27.6 Å². The maximum absolute atomic E-state index is 12.2. The molecule has 1 unspecified atom stereocenters. The number of amides is 1. The highest BCUT2D eigenvalue weighted by Crippen LogP contribution is 2.24. The van der Waals surface area contributed by atoms with Crippen LogP contribution in [0.5, 0.6) is 0 Å². The fourth-order valence-electron chi connectivity index (χ4n) is 2.26. The summed E-state index contributed by atoms with van der Waals surface area (Å²) in [4.78, 5) is 14.0. The summed E-state index contributed by atoms with van der Waals surface area (Å²) in [5, 5.41) is 0.175. The number of likely N-dealkylation sites (tertiary alicyclic amines) is 1. The smallest absolute Gasteiger partial charge is 0.258 e. The van der Waals surface area contributed by atoms with Crippen LogP contribution in [0.2, 0.25) is 5.22 Å². The third kappa shape index (κ3) is 2.96. The van der Waals surface area contributed by atoms with Gasteiger partial charge in [0.15, 0.2) is 0 Å². The molecule has 1 atom stereocenters. The number of alkyl halides is 1. The lowest BCUT2D eigenvalue weighted by atomic mass is 9.95. The lowest BCUT2D eigenvalue weighted by Gasteiger charge is -2.32. The number of hydrogen-bond acceptors (Lipinski definition) is 2. The predicted molar refractivity (Wildman–Crippen MR) is 67.7 cm³/mol. The Hall–Kier alpha value is -0.670. The highest BCUT2D eigenvalue weighted by Gasteiger charge is 2.26. The SMILES string of the molecule is O=C(c1ccoc1Cl)N1CCCC(CCCl)C1. The molecule has 1 amide bonds. The average Bonchev–Trinajstić information content (AvgIpc) is 2.75. The van der Waals surface area contributed by atoms with Crippen LogP contribution in [0.25, 0.3) is 0 Å². The molecule has 1 aromatic rings. The third-order valence-corrected chi connectivity index (χ3v) is 3.68. The molecule has 1 aliphatic rings. The number of carbonyl (C=O) groups is 1. The van der Waals surface area contributed by atoms with Crippen LogP contribution >= 0.6 is 23.2 Å². The second kappa shape index (κ2) is 5.78. The second-order valence-corrected chi connectivity index (χ2v) is 5.07. The van der Waals surface area contributed by atoms with Gasteiger partial charge < -0.3 is 9.32 Å². The van der Waals surface area contributed by atoms with Crippen molar-refractivity contribution in [3.63, 3.8) is 0 Å². The molecular weight excluding hydrogens is 261 g/mol. The third-order valence-electron chi connectivity index (χ3n) is 3.17. The number of hydrogen-bond donors (Lipinski definition) is 0. The van der Waals surface area contributed by atoms with E-state index in [0.29, 0.717) is 17.4 Å². The van der Waals surface area contributed by atoms with Crippen molar-refractivity contribution >= 4 is 29.1 Å². The molecule has 1 saturated heterocycles. The van der Waals surface area contributed by atoms with Gasteiger partial charge in [0.25, 0.3) is 5.91 Å². The summed E-state index contributed by atoms with van der Waals surface area (Å²) in [7, 11) is 0. The highest BCUT2D eigenvalue weighted by atomic mass is 35.5. The van der Waals surface area contributed by atoms with Crippen molar-refractivity contribution in [3.8, 4) is 0 Å². The molecule has 0 radical (unpaired) electrons. The molecule has 0 aliphatic carbocycles. The minimum Gasteiger partial charge on any atom is -0.452 e. The highest BCUT2D eigenvalue weighted by molar-refractivity contribution is 6.32. The Balaban J connectivity index is 2.02. The fourth-order valence-corrected chi connectivity index (χ4v) is 2.76. The first-order valence-electron chi connectivity index (χ1n) is 5.80. The maximum Gasteiger partial charge on any atom is 0.258 e. The average molecular weight is 276 g/mol. The zero-order chi connectivity index (χ0) is 12.3. The Morgan fingerprint density at radius 3 is 3.06 bits per heavy atom. The second-order valence-electron chi connectivity index (χ2n) is 4.35. The molecule has 1 aromatic heterocycles. The topological polar surface area (TPSA) is 33.5 Å². The lowest BCUT2D eigenvalue weighted by molar-refractivity contribution is 0.0671. The largest absolute Gasteiger partial charge is 0.452 e. The van der Waals surface area contributed by atoms with Crippen LogP contribution in [-0.4, -0.2) is 29.8 Å². The van der Waals surface area contributed by atoms with Crippen LogP contribution in [-0.2, 0) is 0 Å².